The highest BCUT2D eigenvalue weighted by Crippen LogP contribution is 2.32. The van der Waals surface area contributed by atoms with Crippen LogP contribution < -0.4 is 5.32 Å². The van der Waals surface area contributed by atoms with E-state index in [9.17, 15) is 4.79 Å². The minimum atomic E-state index is -0.0776. The molecular formula is C18H12N2O. The van der Waals surface area contributed by atoms with Crippen molar-refractivity contribution < 1.29 is 4.79 Å². The fourth-order valence-electron chi connectivity index (χ4n) is 2.59. The number of para-hydroxylation sites is 2. The second kappa shape index (κ2) is 4.56. The number of rotatable bonds is 1. The fraction of sp³-hybridized carbons (Fsp3) is 0. The first kappa shape index (κ1) is 11.9. The van der Waals surface area contributed by atoms with Gasteiger partial charge in [0.15, 0.2) is 0 Å². The highest BCUT2D eigenvalue weighted by molar-refractivity contribution is 6.34. The Bertz CT molecular complexity index is 896. The highest BCUT2D eigenvalue weighted by Gasteiger charge is 2.23. The van der Waals surface area contributed by atoms with Crippen LogP contribution in [0.5, 0.6) is 0 Å². The Balaban J connectivity index is 1.84. The molecule has 4 rings (SSSR count). The summed E-state index contributed by atoms with van der Waals surface area (Å²) in [6.45, 7) is 0. The van der Waals surface area contributed by atoms with E-state index in [1.165, 1.54) is 0 Å². The zero-order valence-electron chi connectivity index (χ0n) is 11.2. The number of nitrogens with one attached hydrogen (secondary N) is 1. The van der Waals surface area contributed by atoms with Gasteiger partial charge in [-0.1, -0.05) is 42.5 Å². The van der Waals surface area contributed by atoms with Gasteiger partial charge in [0.2, 0.25) is 0 Å². The van der Waals surface area contributed by atoms with Crippen LogP contribution in [0.3, 0.4) is 0 Å². The van der Waals surface area contributed by atoms with Crippen LogP contribution in [0.15, 0.2) is 60.7 Å². The lowest BCUT2D eigenvalue weighted by Crippen LogP contribution is -2.03. The monoisotopic (exact) mass is 272 g/mol. The molecule has 0 saturated carbocycles. The number of nitrogens with zero attached hydrogens (tertiary/aromatic N) is 1. The van der Waals surface area contributed by atoms with E-state index in [-0.39, 0.29) is 5.91 Å². The number of amides is 1. The third-order valence-corrected chi connectivity index (χ3v) is 3.62. The molecule has 0 saturated heterocycles. The molecule has 100 valence electrons. The second-order valence-corrected chi connectivity index (χ2v) is 4.99. The lowest BCUT2D eigenvalue weighted by molar-refractivity contribution is -0.110. The standard InChI is InChI=1S/C18H12N2O/c21-18-15(14-6-2-4-8-17(14)20-18)11-13-10-9-12-5-1-3-7-16(12)19-13/h1-11H,(H,20,21). The normalized spacial score (nSPS) is 15.2. The van der Waals surface area contributed by atoms with Crippen molar-refractivity contribution in [2.45, 2.75) is 0 Å². The van der Waals surface area contributed by atoms with Gasteiger partial charge in [0.05, 0.1) is 16.8 Å². The first-order valence-corrected chi connectivity index (χ1v) is 6.79. The average molecular weight is 272 g/mol. The van der Waals surface area contributed by atoms with Crippen LogP contribution in [0, 0.1) is 0 Å². The molecule has 0 atom stereocenters. The van der Waals surface area contributed by atoms with E-state index in [1.807, 2.05) is 66.7 Å². The summed E-state index contributed by atoms with van der Waals surface area (Å²) in [6.07, 6.45) is 1.84. The van der Waals surface area contributed by atoms with Crippen LogP contribution in [-0.2, 0) is 4.79 Å². The molecule has 1 amide bonds. The van der Waals surface area contributed by atoms with Crippen molar-refractivity contribution in [3.63, 3.8) is 0 Å². The maximum Gasteiger partial charge on any atom is 0.256 e. The van der Waals surface area contributed by atoms with Gasteiger partial charge < -0.3 is 5.32 Å². The van der Waals surface area contributed by atoms with Crippen molar-refractivity contribution in [1.29, 1.82) is 0 Å². The molecule has 21 heavy (non-hydrogen) atoms. The summed E-state index contributed by atoms with van der Waals surface area (Å²) in [5, 5.41) is 3.96. The van der Waals surface area contributed by atoms with Crippen molar-refractivity contribution in [3.05, 3.63) is 71.9 Å². The van der Waals surface area contributed by atoms with Gasteiger partial charge in [-0.2, -0.15) is 0 Å². The molecule has 0 unspecified atom stereocenters. The average Bonchev–Trinajstić information content (AvgIpc) is 2.83. The molecular weight excluding hydrogens is 260 g/mol. The summed E-state index contributed by atoms with van der Waals surface area (Å²) in [4.78, 5) is 16.7. The molecule has 1 aliphatic rings. The molecule has 0 fully saturated rings. The Labute approximate surface area is 122 Å². The van der Waals surface area contributed by atoms with Gasteiger partial charge in [-0.15, -0.1) is 0 Å². The van der Waals surface area contributed by atoms with E-state index in [1.54, 1.807) is 0 Å². The molecule has 0 radical (unpaired) electrons. The van der Waals surface area contributed by atoms with Crippen LogP contribution >= 0.6 is 0 Å². The number of carbonyl (C=O) groups excluding carboxylic acids is 1. The van der Waals surface area contributed by atoms with Crippen LogP contribution in [-0.4, -0.2) is 10.9 Å². The van der Waals surface area contributed by atoms with E-state index in [2.05, 4.69) is 10.3 Å². The quantitative estimate of drug-likeness (QED) is 0.686. The number of pyridine rings is 1. The number of aromatic nitrogens is 1. The van der Waals surface area contributed by atoms with E-state index in [0.717, 1.165) is 27.8 Å². The molecule has 2 aromatic carbocycles. The Morgan fingerprint density at radius 1 is 0.905 bits per heavy atom. The van der Waals surface area contributed by atoms with Gasteiger partial charge in [-0.3, -0.25) is 4.79 Å². The molecule has 3 heteroatoms. The van der Waals surface area contributed by atoms with Crippen LogP contribution in [0.4, 0.5) is 5.69 Å². The number of anilines is 1. The minimum absolute atomic E-state index is 0.0776. The van der Waals surface area contributed by atoms with Gasteiger partial charge in [0, 0.05) is 16.6 Å². The van der Waals surface area contributed by atoms with Gasteiger partial charge in [-0.25, -0.2) is 4.98 Å². The summed E-state index contributed by atoms with van der Waals surface area (Å²) in [6, 6.07) is 19.6. The lowest BCUT2D eigenvalue weighted by Gasteiger charge is -2.00. The van der Waals surface area contributed by atoms with Crippen molar-refractivity contribution in [1.82, 2.24) is 4.98 Å². The Kier molecular flexibility index (Phi) is 2.57. The SMILES string of the molecule is O=C1Nc2ccccc2C1=Cc1ccc2ccccc2n1. The molecule has 1 N–H and O–H groups in total. The Hall–Kier alpha value is -2.94. The first-order valence-electron chi connectivity index (χ1n) is 6.79. The zero-order chi connectivity index (χ0) is 14.2. The van der Waals surface area contributed by atoms with Gasteiger partial charge >= 0.3 is 0 Å². The number of fused-ring (bicyclic) bond motifs is 2. The zero-order valence-corrected chi connectivity index (χ0v) is 11.2. The number of benzene rings is 2. The molecule has 2 heterocycles. The van der Waals surface area contributed by atoms with E-state index in [4.69, 9.17) is 0 Å². The smallest absolute Gasteiger partial charge is 0.256 e. The Morgan fingerprint density at radius 2 is 1.71 bits per heavy atom. The minimum Gasteiger partial charge on any atom is -0.321 e. The van der Waals surface area contributed by atoms with Crippen LogP contribution in [0.2, 0.25) is 0 Å². The molecule has 3 nitrogen and oxygen atoms in total. The molecule has 0 aliphatic carbocycles. The number of hydrogen-bond acceptors (Lipinski definition) is 2. The Morgan fingerprint density at radius 3 is 2.67 bits per heavy atom. The van der Waals surface area contributed by atoms with Crippen LogP contribution in [0.1, 0.15) is 11.3 Å². The van der Waals surface area contributed by atoms with Gasteiger partial charge in [-0.05, 0) is 24.3 Å². The third kappa shape index (κ3) is 1.99. The highest BCUT2D eigenvalue weighted by atomic mass is 16.2. The molecule has 0 spiro atoms. The summed E-state index contributed by atoms with van der Waals surface area (Å²) in [7, 11) is 0. The molecule has 1 aromatic heterocycles. The summed E-state index contributed by atoms with van der Waals surface area (Å²) < 4.78 is 0. The van der Waals surface area contributed by atoms with E-state index >= 15 is 0 Å². The van der Waals surface area contributed by atoms with Crippen LogP contribution in [0.25, 0.3) is 22.6 Å². The first-order chi connectivity index (χ1) is 10.3. The lowest BCUT2D eigenvalue weighted by atomic mass is 10.1. The number of hydrogen-bond donors (Lipinski definition) is 1. The summed E-state index contributed by atoms with van der Waals surface area (Å²) in [5.74, 6) is -0.0776. The van der Waals surface area contributed by atoms with E-state index in [0.29, 0.717) is 5.57 Å². The van der Waals surface area contributed by atoms with Gasteiger partial charge in [0.25, 0.3) is 5.91 Å². The third-order valence-electron chi connectivity index (χ3n) is 3.62. The fourth-order valence-corrected chi connectivity index (χ4v) is 2.59. The topological polar surface area (TPSA) is 42.0 Å². The predicted octanol–water partition coefficient (Wildman–Crippen LogP) is 3.73. The van der Waals surface area contributed by atoms with Crippen molar-refractivity contribution in [2.24, 2.45) is 0 Å². The molecule has 0 bridgehead atoms. The molecule has 1 aliphatic heterocycles. The van der Waals surface area contributed by atoms with Crippen molar-refractivity contribution in [2.75, 3.05) is 5.32 Å². The predicted molar refractivity (Wildman–Crippen MR) is 84.7 cm³/mol. The summed E-state index contributed by atoms with van der Waals surface area (Å²) >= 11 is 0. The maximum absolute atomic E-state index is 12.1. The van der Waals surface area contributed by atoms with Crippen molar-refractivity contribution >= 4 is 34.1 Å². The van der Waals surface area contributed by atoms with E-state index < -0.39 is 0 Å². The number of carbonyl (C=O) groups is 1. The molecule has 3 aromatic rings. The summed E-state index contributed by atoms with van der Waals surface area (Å²) in [5.41, 5.74) is 4.16. The van der Waals surface area contributed by atoms with Crippen molar-refractivity contribution in [3.8, 4) is 0 Å². The largest absolute Gasteiger partial charge is 0.321 e. The maximum atomic E-state index is 12.1. The van der Waals surface area contributed by atoms with Gasteiger partial charge in [0.1, 0.15) is 0 Å². The second-order valence-electron chi connectivity index (χ2n) is 4.99.